The predicted octanol–water partition coefficient (Wildman–Crippen LogP) is 3.86. The molecule has 0 bridgehead atoms. The van der Waals surface area contributed by atoms with E-state index in [2.05, 4.69) is 5.32 Å². The molecule has 2 aromatic carbocycles. The van der Waals surface area contributed by atoms with Crippen LogP contribution in [0.3, 0.4) is 0 Å². The van der Waals surface area contributed by atoms with E-state index >= 15 is 0 Å². The molecule has 1 atom stereocenters. The Morgan fingerprint density at radius 3 is 2.50 bits per heavy atom. The molecule has 3 aromatic rings. The molecule has 2 fully saturated rings. The van der Waals surface area contributed by atoms with Gasteiger partial charge in [0, 0.05) is 30.6 Å². The SMILES string of the molecule is CNC(=O)c1c2cc(C3CC3)c(N(CCC3CCO3)S(C)(=O)=O)cc2nn1-c1ccc(Cl)cc1. The zero-order valence-corrected chi connectivity index (χ0v) is 20.7. The van der Waals surface area contributed by atoms with E-state index in [1.165, 1.54) is 10.6 Å². The van der Waals surface area contributed by atoms with E-state index in [0.717, 1.165) is 31.4 Å². The van der Waals surface area contributed by atoms with Gasteiger partial charge in [0.2, 0.25) is 10.0 Å². The van der Waals surface area contributed by atoms with Gasteiger partial charge in [-0.1, -0.05) is 11.6 Å². The van der Waals surface area contributed by atoms with Gasteiger partial charge in [-0.3, -0.25) is 9.10 Å². The van der Waals surface area contributed by atoms with E-state index in [1.807, 2.05) is 12.1 Å². The number of fused-ring (bicyclic) bond motifs is 1. The van der Waals surface area contributed by atoms with E-state index in [-0.39, 0.29) is 17.9 Å². The maximum atomic E-state index is 12.9. The Morgan fingerprint density at radius 1 is 1.24 bits per heavy atom. The molecule has 1 N–H and O–H groups in total. The van der Waals surface area contributed by atoms with Gasteiger partial charge >= 0.3 is 0 Å². The van der Waals surface area contributed by atoms with Crippen LogP contribution in [0.1, 0.15) is 47.7 Å². The number of ether oxygens (including phenoxy) is 1. The second-order valence-corrected chi connectivity index (χ2v) is 11.3. The van der Waals surface area contributed by atoms with Gasteiger partial charge < -0.3 is 10.1 Å². The number of hydrogen-bond donors (Lipinski definition) is 1. The summed E-state index contributed by atoms with van der Waals surface area (Å²) in [5.74, 6) is -0.00549. The third kappa shape index (κ3) is 4.39. The van der Waals surface area contributed by atoms with Crippen molar-refractivity contribution in [3.05, 3.63) is 52.7 Å². The highest BCUT2D eigenvalue weighted by Crippen LogP contribution is 2.46. The lowest BCUT2D eigenvalue weighted by atomic mass is 10.0. The van der Waals surface area contributed by atoms with E-state index in [9.17, 15) is 13.2 Å². The number of carbonyl (C=O) groups is 1. The third-order valence-corrected chi connectivity index (χ3v) is 7.90. The molecular formula is C24H27ClN4O4S. The number of anilines is 1. The lowest BCUT2D eigenvalue weighted by molar-refractivity contribution is -0.0527. The van der Waals surface area contributed by atoms with Crippen LogP contribution in [0.25, 0.3) is 16.6 Å². The highest BCUT2D eigenvalue weighted by molar-refractivity contribution is 7.92. The first-order valence-electron chi connectivity index (χ1n) is 11.4. The second-order valence-electron chi connectivity index (χ2n) is 8.92. The van der Waals surface area contributed by atoms with Crippen molar-refractivity contribution in [2.45, 2.75) is 37.7 Å². The summed E-state index contributed by atoms with van der Waals surface area (Å²) >= 11 is 6.05. The number of carbonyl (C=O) groups excluding carboxylic acids is 1. The molecule has 5 rings (SSSR count). The molecule has 34 heavy (non-hydrogen) atoms. The van der Waals surface area contributed by atoms with Crippen LogP contribution in [0.2, 0.25) is 5.02 Å². The molecule has 1 aliphatic heterocycles. The van der Waals surface area contributed by atoms with Crippen LogP contribution in [0.15, 0.2) is 36.4 Å². The molecule has 1 saturated heterocycles. The Bertz CT molecular complexity index is 1350. The Hall–Kier alpha value is -2.62. The van der Waals surface area contributed by atoms with Crippen LogP contribution in [-0.2, 0) is 14.8 Å². The summed E-state index contributed by atoms with van der Waals surface area (Å²) in [5, 5.41) is 8.70. The third-order valence-electron chi connectivity index (χ3n) is 6.47. The number of sulfonamides is 1. The van der Waals surface area contributed by atoms with Gasteiger partial charge in [0.25, 0.3) is 5.91 Å². The largest absolute Gasteiger partial charge is 0.378 e. The first kappa shape index (κ1) is 23.1. The van der Waals surface area contributed by atoms with Crippen molar-refractivity contribution >= 4 is 44.1 Å². The fourth-order valence-electron chi connectivity index (χ4n) is 4.42. The minimum absolute atomic E-state index is 0.0984. The summed E-state index contributed by atoms with van der Waals surface area (Å²) in [4.78, 5) is 12.9. The van der Waals surface area contributed by atoms with Crippen LogP contribution in [0, 0.1) is 0 Å². The summed E-state index contributed by atoms with van der Waals surface area (Å²) < 4.78 is 34.3. The highest BCUT2D eigenvalue weighted by Gasteiger charge is 2.33. The molecule has 1 aliphatic carbocycles. The van der Waals surface area contributed by atoms with Crippen molar-refractivity contribution in [1.29, 1.82) is 0 Å². The van der Waals surface area contributed by atoms with E-state index < -0.39 is 10.0 Å². The monoisotopic (exact) mass is 502 g/mol. The Labute approximate surface area is 203 Å². The van der Waals surface area contributed by atoms with Crippen molar-refractivity contribution < 1.29 is 17.9 Å². The first-order valence-corrected chi connectivity index (χ1v) is 13.6. The van der Waals surface area contributed by atoms with Gasteiger partial charge in [0.1, 0.15) is 5.69 Å². The van der Waals surface area contributed by atoms with Gasteiger partial charge in [-0.15, -0.1) is 0 Å². The van der Waals surface area contributed by atoms with Crippen molar-refractivity contribution in [2.75, 3.05) is 30.8 Å². The molecule has 0 radical (unpaired) electrons. The van der Waals surface area contributed by atoms with Crippen LogP contribution in [-0.4, -0.2) is 56.7 Å². The zero-order valence-electron chi connectivity index (χ0n) is 19.1. The number of halogens is 1. The number of rotatable bonds is 8. The Balaban J connectivity index is 1.68. The minimum atomic E-state index is -3.53. The average Bonchev–Trinajstić information content (AvgIpc) is 3.54. The standard InChI is InChI=1S/C24H27ClN4O4S/c1-26-24(30)23-20-13-19(15-3-4-15)22(28(34(2,31)32)11-9-18-10-12-33-18)14-21(20)27-29(23)17-7-5-16(25)6-8-17/h5-8,13-15,18H,3-4,9-12H2,1-2H3,(H,26,30). The van der Waals surface area contributed by atoms with Crippen LogP contribution < -0.4 is 9.62 Å². The van der Waals surface area contributed by atoms with Gasteiger partial charge in [-0.05, 0) is 73.6 Å². The number of hydrogen-bond acceptors (Lipinski definition) is 5. The van der Waals surface area contributed by atoms with Crippen molar-refractivity contribution in [2.24, 2.45) is 0 Å². The lowest BCUT2D eigenvalue weighted by Crippen LogP contribution is -2.36. The van der Waals surface area contributed by atoms with Crippen LogP contribution in [0.4, 0.5) is 5.69 Å². The fraction of sp³-hybridized carbons (Fsp3) is 0.417. The summed E-state index contributed by atoms with van der Waals surface area (Å²) in [6.07, 6.45) is 4.90. The summed E-state index contributed by atoms with van der Waals surface area (Å²) in [6.45, 7) is 1.07. The highest BCUT2D eigenvalue weighted by atomic mass is 35.5. The number of benzene rings is 2. The minimum Gasteiger partial charge on any atom is -0.378 e. The molecule has 2 heterocycles. The van der Waals surface area contributed by atoms with Gasteiger partial charge in [0.05, 0.1) is 29.3 Å². The quantitative estimate of drug-likeness (QED) is 0.505. The lowest BCUT2D eigenvalue weighted by Gasteiger charge is -2.30. The fourth-order valence-corrected chi connectivity index (χ4v) is 5.50. The maximum Gasteiger partial charge on any atom is 0.270 e. The average molecular weight is 503 g/mol. The van der Waals surface area contributed by atoms with Gasteiger partial charge in [-0.2, -0.15) is 5.10 Å². The van der Waals surface area contributed by atoms with Crippen molar-refractivity contribution in [1.82, 2.24) is 15.1 Å². The zero-order chi connectivity index (χ0) is 24.0. The summed E-state index contributed by atoms with van der Waals surface area (Å²) in [5.41, 5.74) is 3.23. The van der Waals surface area contributed by atoms with Crippen molar-refractivity contribution in [3.8, 4) is 5.69 Å². The molecule has 180 valence electrons. The van der Waals surface area contributed by atoms with E-state index in [4.69, 9.17) is 21.4 Å². The summed E-state index contributed by atoms with van der Waals surface area (Å²) in [7, 11) is -1.95. The smallest absolute Gasteiger partial charge is 0.270 e. The van der Waals surface area contributed by atoms with Crippen LogP contribution >= 0.6 is 11.6 Å². The molecule has 8 nitrogen and oxygen atoms in total. The molecule has 2 aliphatic rings. The molecule has 1 aromatic heterocycles. The first-order chi connectivity index (χ1) is 16.3. The Kier molecular flexibility index (Phi) is 6.03. The molecule has 1 saturated carbocycles. The van der Waals surface area contributed by atoms with Gasteiger partial charge in [0.15, 0.2) is 0 Å². The van der Waals surface area contributed by atoms with Crippen molar-refractivity contribution in [3.63, 3.8) is 0 Å². The number of aromatic nitrogens is 2. The van der Waals surface area contributed by atoms with E-state index in [0.29, 0.717) is 46.0 Å². The molecule has 1 unspecified atom stereocenters. The number of nitrogens with zero attached hydrogens (tertiary/aromatic N) is 3. The second kappa shape index (κ2) is 8.87. The number of amides is 1. The topological polar surface area (TPSA) is 93.5 Å². The summed E-state index contributed by atoms with van der Waals surface area (Å²) in [6, 6.07) is 10.8. The molecule has 0 spiro atoms. The Morgan fingerprint density at radius 2 is 1.94 bits per heavy atom. The molecular weight excluding hydrogens is 476 g/mol. The van der Waals surface area contributed by atoms with Crippen LogP contribution in [0.5, 0.6) is 0 Å². The maximum absolute atomic E-state index is 12.9. The van der Waals surface area contributed by atoms with Gasteiger partial charge in [-0.25, -0.2) is 13.1 Å². The molecule has 10 heteroatoms. The molecule has 1 amide bonds. The normalized spacial score (nSPS) is 18.0. The number of nitrogens with one attached hydrogen (secondary N) is 1. The van der Waals surface area contributed by atoms with E-state index in [1.54, 1.807) is 36.0 Å². The predicted molar refractivity (Wildman–Crippen MR) is 133 cm³/mol.